The van der Waals surface area contributed by atoms with Crippen LogP contribution in [-0.4, -0.2) is 11.8 Å². The van der Waals surface area contributed by atoms with E-state index in [0.717, 1.165) is 10.0 Å². The molecule has 0 heterocycles. The van der Waals surface area contributed by atoms with Gasteiger partial charge in [0.2, 0.25) is 0 Å². The van der Waals surface area contributed by atoms with Crippen molar-refractivity contribution >= 4 is 39.3 Å². The lowest BCUT2D eigenvalue weighted by atomic mass is 10.2. The molecular formula is C21H16BrClN2O3. The maximum atomic E-state index is 12.5. The van der Waals surface area contributed by atoms with Gasteiger partial charge in [0.1, 0.15) is 12.4 Å². The number of carbonyl (C=O) groups is 2. The Labute approximate surface area is 175 Å². The predicted molar refractivity (Wildman–Crippen MR) is 111 cm³/mol. The van der Waals surface area contributed by atoms with E-state index in [4.69, 9.17) is 16.3 Å². The van der Waals surface area contributed by atoms with E-state index >= 15 is 0 Å². The first-order valence-corrected chi connectivity index (χ1v) is 9.54. The van der Waals surface area contributed by atoms with Crippen molar-refractivity contribution in [3.8, 4) is 5.75 Å². The van der Waals surface area contributed by atoms with Crippen molar-refractivity contribution in [1.29, 1.82) is 0 Å². The number of amides is 2. The number of halogens is 2. The lowest BCUT2D eigenvalue weighted by Gasteiger charge is -2.13. The maximum absolute atomic E-state index is 12.5. The largest absolute Gasteiger partial charge is 0.488 e. The predicted octanol–water partition coefficient (Wildman–Crippen LogP) is 4.76. The number of rotatable bonds is 5. The summed E-state index contributed by atoms with van der Waals surface area (Å²) in [7, 11) is 0. The van der Waals surface area contributed by atoms with Crippen LogP contribution in [0.5, 0.6) is 5.75 Å². The SMILES string of the molecule is O=C(NNC(=O)c1ccccc1OCc1ccccc1Br)c1ccccc1Cl. The number of hydrogen-bond acceptors (Lipinski definition) is 3. The number of ether oxygens (including phenoxy) is 1. The summed E-state index contributed by atoms with van der Waals surface area (Å²) in [6.07, 6.45) is 0. The molecule has 0 fully saturated rings. The minimum absolute atomic E-state index is 0.267. The summed E-state index contributed by atoms with van der Waals surface area (Å²) in [6.45, 7) is 0.289. The molecule has 2 N–H and O–H groups in total. The minimum Gasteiger partial charge on any atom is -0.488 e. The number of hydrogen-bond donors (Lipinski definition) is 2. The van der Waals surface area contributed by atoms with E-state index < -0.39 is 11.8 Å². The summed E-state index contributed by atoms with van der Waals surface area (Å²) in [6, 6.07) is 21.0. The van der Waals surface area contributed by atoms with Gasteiger partial charge in [-0.2, -0.15) is 0 Å². The molecule has 0 aromatic heterocycles. The molecule has 3 aromatic carbocycles. The number of carbonyl (C=O) groups excluding carboxylic acids is 2. The molecule has 0 unspecified atom stereocenters. The topological polar surface area (TPSA) is 67.4 Å². The van der Waals surface area contributed by atoms with Crippen LogP contribution in [0.1, 0.15) is 26.3 Å². The Hall–Kier alpha value is -2.83. The Kier molecular flexibility index (Phi) is 6.68. The highest BCUT2D eigenvalue weighted by Crippen LogP contribution is 2.22. The van der Waals surface area contributed by atoms with Crippen molar-refractivity contribution < 1.29 is 14.3 Å². The van der Waals surface area contributed by atoms with Gasteiger partial charge in [0, 0.05) is 10.0 Å². The standard InChI is InChI=1S/C21H16BrClN2O3/c22-17-10-4-1-7-14(17)13-28-19-12-6-3-9-16(19)21(27)25-24-20(26)15-8-2-5-11-18(15)23/h1-12H,13H2,(H,24,26)(H,25,27). The van der Waals surface area contributed by atoms with Crippen LogP contribution in [0.15, 0.2) is 77.3 Å². The third kappa shape index (κ3) is 4.91. The number of benzene rings is 3. The summed E-state index contributed by atoms with van der Waals surface area (Å²) >= 11 is 9.46. The Morgan fingerprint density at radius 1 is 0.821 bits per heavy atom. The number of para-hydroxylation sites is 1. The molecule has 2 amide bonds. The molecule has 0 saturated carbocycles. The highest BCUT2D eigenvalue weighted by molar-refractivity contribution is 9.10. The van der Waals surface area contributed by atoms with Gasteiger partial charge < -0.3 is 4.74 Å². The van der Waals surface area contributed by atoms with Crippen molar-refractivity contribution in [3.63, 3.8) is 0 Å². The van der Waals surface area contributed by atoms with Gasteiger partial charge in [-0.25, -0.2) is 0 Å². The van der Waals surface area contributed by atoms with Crippen LogP contribution in [0, 0.1) is 0 Å². The van der Waals surface area contributed by atoms with Crippen molar-refractivity contribution in [3.05, 3.63) is 99.0 Å². The second kappa shape index (κ2) is 9.39. The third-order valence-corrected chi connectivity index (χ3v) is 4.98. The second-order valence-corrected chi connectivity index (χ2v) is 7.03. The van der Waals surface area contributed by atoms with E-state index in [9.17, 15) is 9.59 Å². The highest BCUT2D eigenvalue weighted by atomic mass is 79.9. The maximum Gasteiger partial charge on any atom is 0.273 e. The Morgan fingerprint density at radius 3 is 2.11 bits per heavy atom. The van der Waals surface area contributed by atoms with Crippen LogP contribution >= 0.6 is 27.5 Å². The molecule has 3 rings (SSSR count). The molecule has 7 heteroatoms. The molecule has 142 valence electrons. The Balaban J connectivity index is 1.66. The van der Waals surface area contributed by atoms with E-state index in [0.29, 0.717) is 16.3 Å². The molecule has 0 spiro atoms. The van der Waals surface area contributed by atoms with Gasteiger partial charge in [-0.05, 0) is 30.3 Å². The molecule has 28 heavy (non-hydrogen) atoms. The van der Waals surface area contributed by atoms with Crippen LogP contribution in [0.2, 0.25) is 5.02 Å². The lowest BCUT2D eigenvalue weighted by Crippen LogP contribution is -2.41. The fourth-order valence-corrected chi connectivity index (χ4v) is 3.07. The molecule has 0 bridgehead atoms. The van der Waals surface area contributed by atoms with Crippen LogP contribution < -0.4 is 15.6 Å². The van der Waals surface area contributed by atoms with E-state index in [1.54, 1.807) is 48.5 Å². The molecule has 0 aliphatic rings. The highest BCUT2D eigenvalue weighted by Gasteiger charge is 2.15. The van der Waals surface area contributed by atoms with Crippen LogP contribution in [-0.2, 0) is 6.61 Å². The average Bonchev–Trinajstić information content (AvgIpc) is 2.72. The van der Waals surface area contributed by atoms with E-state index in [-0.39, 0.29) is 12.2 Å². The minimum atomic E-state index is -0.509. The average molecular weight is 460 g/mol. The van der Waals surface area contributed by atoms with E-state index in [1.165, 1.54) is 0 Å². The van der Waals surface area contributed by atoms with Gasteiger partial charge in [-0.15, -0.1) is 0 Å². The van der Waals surface area contributed by atoms with Crippen LogP contribution in [0.25, 0.3) is 0 Å². The molecule has 3 aromatic rings. The monoisotopic (exact) mass is 458 g/mol. The number of nitrogens with one attached hydrogen (secondary N) is 2. The molecule has 0 saturated heterocycles. The molecule has 0 aliphatic heterocycles. The zero-order valence-electron chi connectivity index (χ0n) is 14.6. The third-order valence-electron chi connectivity index (χ3n) is 3.88. The lowest BCUT2D eigenvalue weighted by molar-refractivity contribution is 0.0844. The second-order valence-electron chi connectivity index (χ2n) is 5.76. The van der Waals surface area contributed by atoms with Gasteiger partial charge in [-0.1, -0.05) is 70.0 Å². The van der Waals surface area contributed by atoms with Crippen LogP contribution in [0.4, 0.5) is 0 Å². The van der Waals surface area contributed by atoms with Crippen LogP contribution in [0.3, 0.4) is 0 Å². The summed E-state index contributed by atoms with van der Waals surface area (Å²) in [4.78, 5) is 24.7. The quantitative estimate of drug-likeness (QED) is 0.541. The van der Waals surface area contributed by atoms with Crippen molar-refractivity contribution in [2.45, 2.75) is 6.61 Å². The summed E-state index contributed by atoms with van der Waals surface area (Å²) < 4.78 is 6.73. The zero-order chi connectivity index (χ0) is 19.9. The summed E-state index contributed by atoms with van der Waals surface area (Å²) in [5, 5.41) is 0.298. The van der Waals surface area contributed by atoms with Gasteiger partial charge in [0.15, 0.2) is 0 Å². The van der Waals surface area contributed by atoms with Gasteiger partial charge in [-0.3, -0.25) is 20.4 Å². The van der Waals surface area contributed by atoms with Crippen molar-refractivity contribution in [1.82, 2.24) is 10.9 Å². The molecule has 0 radical (unpaired) electrons. The molecule has 0 aliphatic carbocycles. The van der Waals surface area contributed by atoms with Gasteiger partial charge >= 0.3 is 0 Å². The van der Waals surface area contributed by atoms with Crippen molar-refractivity contribution in [2.75, 3.05) is 0 Å². The summed E-state index contributed by atoms with van der Waals surface area (Å²) in [5.41, 5.74) is 6.27. The normalized spacial score (nSPS) is 10.2. The van der Waals surface area contributed by atoms with Gasteiger partial charge in [0.25, 0.3) is 11.8 Å². The Bertz CT molecular complexity index is 1010. The smallest absolute Gasteiger partial charge is 0.273 e. The molecule has 0 atom stereocenters. The fraction of sp³-hybridized carbons (Fsp3) is 0.0476. The first-order valence-electron chi connectivity index (χ1n) is 8.36. The Morgan fingerprint density at radius 2 is 1.39 bits per heavy atom. The zero-order valence-corrected chi connectivity index (χ0v) is 17.0. The first kappa shape index (κ1) is 19.9. The fourth-order valence-electron chi connectivity index (χ4n) is 2.44. The summed E-state index contributed by atoms with van der Waals surface area (Å²) in [5.74, 6) is -0.601. The van der Waals surface area contributed by atoms with E-state index in [1.807, 2.05) is 24.3 Å². The molecular weight excluding hydrogens is 444 g/mol. The van der Waals surface area contributed by atoms with E-state index in [2.05, 4.69) is 26.8 Å². The molecule has 5 nitrogen and oxygen atoms in total. The number of hydrazine groups is 1. The van der Waals surface area contributed by atoms with Crippen molar-refractivity contribution in [2.24, 2.45) is 0 Å². The first-order chi connectivity index (χ1) is 13.6. The van der Waals surface area contributed by atoms with Gasteiger partial charge in [0.05, 0.1) is 16.1 Å².